The van der Waals surface area contributed by atoms with E-state index in [1.165, 1.54) is 5.56 Å². The van der Waals surface area contributed by atoms with E-state index in [-0.39, 0.29) is 26.1 Å². The van der Waals surface area contributed by atoms with Crippen LogP contribution in [0.3, 0.4) is 0 Å². The van der Waals surface area contributed by atoms with Gasteiger partial charge in [0.1, 0.15) is 6.42 Å². The van der Waals surface area contributed by atoms with Crippen molar-refractivity contribution in [3.63, 3.8) is 0 Å². The number of nitriles is 2. The molecule has 8 heteroatoms. The van der Waals surface area contributed by atoms with Gasteiger partial charge in [-0.25, -0.2) is 0 Å². The predicted molar refractivity (Wildman–Crippen MR) is 86.3 cm³/mol. The molecule has 0 saturated heterocycles. The van der Waals surface area contributed by atoms with Crippen molar-refractivity contribution in [1.82, 2.24) is 6.15 Å². The molecule has 1 aromatic carbocycles. The van der Waals surface area contributed by atoms with Crippen LogP contribution in [0, 0.1) is 29.6 Å². The van der Waals surface area contributed by atoms with Crippen LogP contribution >= 0.6 is 13.5 Å². The molecule has 0 heterocycles. The van der Waals surface area contributed by atoms with Crippen LogP contribution in [0.2, 0.25) is 0 Å². The summed E-state index contributed by atoms with van der Waals surface area (Å²) in [5, 5.41) is 30.0. The topological polar surface area (TPSA) is 157 Å². The highest BCUT2D eigenvalue weighted by Crippen LogP contribution is 1.92. The van der Waals surface area contributed by atoms with Gasteiger partial charge in [-0.2, -0.15) is 10.5 Å². The van der Waals surface area contributed by atoms with E-state index in [9.17, 15) is 0 Å². The Morgan fingerprint density at radius 3 is 1.36 bits per heavy atom. The number of carboxylic acid groups (broad SMARTS) is 2. The fourth-order valence-electron chi connectivity index (χ4n) is 0.570. The van der Waals surface area contributed by atoms with E-state index in [1.54, 1.807) is 12.1 Å². The Bertz CT molecular complexity index is 421. The van der Waals surface area contributed by atoms with Crippen LogP contribution in [0.25, 0.3) is 0 Å². The number of nitrogens with zero attached hydrogens (tertiary/aromatic N) is 2. The number of carboxylic acids is 2. The maximum absolute atomic E-state index is 9.00. The molecule has 7 nitrogen and oxygen atoms in total. The highest BCUT2D eigenvalue weighted by atomic mass is 32.1. The van der Waals surface area contributed by atoms with Gasteiger partial charge in [-0.05, 0) is 6.92 Å². The third-order valence-corrected chi connectivity index (χ3v) is 1.10. The second-order valence-corrected chi connectivity index (χ2v) is 3.19. The number of rotatable bonds is 0. The van der Waals surface area contributed by atoms with E-state index in [2.05, 4.69) is 19.1 Å². The maximum atomic E-state index is 9.00. The van der Waals surface area contributed by atoms with E-state index < -0.39 is 11.9 Å². The van der Waals surface area contributed by atoms with Gasteiger partial charge in [0.05, 0.1) is 12.1 Å². The quantitative estimate of drug-likeness (QED) is 0.658. The lowest BCUT2D eigenvalue weighted by Gasteiger charge is -1.82. The van der Waals surface area contributed by atoms with Crippen molar-refractivity contribution in [3.05, 3.63) is 35.9 Å². The Morgan fingerprint density at radius 1 is 1.00 bits per heavy atom. The van der Waals surface area contributed by atoms with Gasteiger partial charge in [0.15, 0.2) is 0 Å². The van der Waals surface area contributed by atoms with Crippen LogP contribution < -0.4 is 6.15 Å². The van der Waals surface area contributed by atoms with Gasteiger partial charge < -0.3 is 16.4 Å². The molecule has 1 aromatic rings. The highest BCUT2D eigenvalue weighted by molar-refractivity contribution is 7.59. The number of hydrogen-bond acceptors (Lipinski definition) is 5. The van der Waals surface area contributed by atoms with Crippen molar-refractivity contribution in [2.75, 3.05) is 0 Å². The van der Waals surface area contributed by atoms with E-state index in [1.807, 2.05) is 18.2 Å². The van der Waals surface area contributed by atoms with Gasteiger partial charge in [-0.15, -0.1) is 0 Å². The third-order valence-electron chi connectivity index (χ3n) is 1.10. The second-order valence-electron chi connectivity index (χ2n) is 3.19. The number of aryl methyl sites for hydroxylation is 1. The lowest BCUT2D eigenvalue weighted by Crippen LogP contribution is -1.78. The fraction of sp³-hybridized carbons (Fsp3) is 0.286. The summed E-state index contributed by atoms with van der Waals surface area (Å²) < 4.78 is 0. The first-order valence-corrected chi connectivity index (χ1v) is 5.42. The van der Waals surface area contributed by atoms with Gasteiger partial charge in [-0.3, -0.25) is 9.59 Å². The van der Waals surface area contributed by atoms with E-state index in [0.29, 0.717) is 0 Å². The first kappa shape index (κ1) is 31.7. The normalized spacial score (nSPS) is 6.05. The molecule has 0 aliphatic heterocycles. The predicted octanol–water partition coefficient (Wildman–Crippen LogP) is 3.41. The van der Waals surface area contributed by atoms with Gasteiger partial charge in [0.25, 0.3) is 11.9 Å². The zero-order valence-corrected chi connectivity index (χ0v) is 13.6. The monoisotopic (exact) mass is 327 g/mol. The van der Waals surface area contributed by atoms with Crippen LogP contribution in [-0.2, 0) is 9.59 Å². The molecule has 1 rings (SSSR count). The van der Waals surface area contributed by atoms with Crippen molar-refractivity contribution < 1.29 is 19.8 Å². The Morgan fingerprint density at radius 2 is 1.27 bits per heavy atom. The average Bonchev–Trinajstić information content (AvgIpc) is 2.30. The number of carbonyl (C=O) groups is 2. The molecule has 0 spiro atoms. The number of aliphatic carboxylic acids is 2. The maximum Gasteiger partial charge on any atom is 0.300 e. The largest absolute Gasteiger partial charge is 0.481 e. The van der Waals surface area contributed by atoms with Crippen molar-refractivity contribution in [1.29, 1.82) is 10.5 Å². The molecular weight excluding hydrogens is 306 g/mol. The van der Waals surface area contributed by atoms with Crippen molar-refractivity contribution >= 4 is 25.4 Å². The Hall–Kier alpha value is -2.55. The minimum absolute atomic E-state index is 0. The zero-order valence-electron chi connectivity index (χ0n) is 12.8. The summed E-state index contributed by atoms with van der Waals surface area (Å²) in [6, 6.07) is 13.6. The number of hydrogen-bond donors (Lipinski definition) is 3. The second kappa shape index (κ2) is 26.9. The van der Waals surface area contributed by atoms with Crippen LogP contribution in [0.5, 0.6) is 0 Å². The molecule has 2 radical (unpaired) electrons. The van der Waals surface area contributed by atoms with E-state index in [4.69, 9.17) is 30.3 Å². The molecule has 0 fully saturated rings. The molecule has 0 bridgehead atoms. The van der Waals surface area contributed by atoms with E-state index in [0.717, 1.165) is 13.8 Å². The summed E-state index contributed by atoms with van der Waals surface area (Å²) in [5.41, 5.74) is 1.32. The first-order chi connectivity index (χ1) is 9.27. The molecule has 22 heavy (non-hydrogen) atoms. The lowest BCUT2D eigenvalue weighted by atomic mass is 10.2. The zero-order chi connectivity index (χ0) is 16.4. The molecule has 0 aliphatic carbocycles. The molecule has 0 aromatic heterocycles. The van der Waals surface area contributed by atoms with Crippen LogP contribution in [0.4, 0.5) is 0 Å². The molecule has 0 saturated carbocycles. The van der Waals surface area contributed by atoms with Gasteiger partial charge in [0.2, 0.25) is 0 Å². The van der Waals surface area contributed by atoms with Crippen molar-refractivity contribution in [2.24, 2.45) is 0 Å². The van der Waals surface area contributed by atoms with Crippen molar-refractivity contribution in [2.45, 2.75) is 27.2 Å². The standard InChI is InChI=1S/C7H8.C3H2N2.2C2H4O2.H3N.S/c1-7-5-3-2-4-6-7;4-2-1-3-5;2*1-2(3)4;;/h2-6H,1H3;1H2;2*1H3,(H,3,4);1H3;. The smallest absolute Gasteiger partial charge is 0.300 e. The van der Waals surface area contributed by atoms with Gasteiger partial charge in [-0.1, -0.05) is 35.9 Å². The summed E-state index contributed by atoms with van der Waals surface area (Å²) in [7, 11) is 0. The molecule has 0 unspecified atom stereocenters. The molecule has 0 atom stereocenters. The minimum Gasteiger partial charge on any atom is -0.481 e. The summed E-state index contributed by atoms with van der Waals surface area (Å²) in [4.78, 5) is 18.0. The molecule has 0 amide bonds. The van der Waals surface area contributed by atoms with E-state index >= 15 is 0 Å². The van der Waals surface area contributed by atoms with Gasteiger partial charge in [0, 0.05) is 27.3 Å². The molecule has 122 valence electrons. The molecule has 0 aliphatic rings. The van der Waals surface area contributed by atoms with Crippen LogP contribution in [-0.4, -0.2) is 22.2 Å². The van der Waals surface area contributed by atoms with Crippen molar-refractivity contribution in [3.8, 4) is 12.1 Å². The molecular formula is C14H21N3O4S. The highest BCUT2D eigenvalue weighted by Gasteiger charge is 1.72. The lowest BCUT2D eigenvalue weighted by molar-refractivity contribution is -0.135. The Kier molecular flexibility index (Phi) is 38.8. The summed E-state index contributed by atoms with van der Waals surface area (Å²) in [6.45, 7) is 4.25. The Labute approximate surface area is 137 Å². The fourth-order valence-corrected chi connectivity index (χ4v) is 0.570. The Balaban J connectivity index is -0.0000000587. The average molecular weight is 327 g/mol. The minimum atomic E-state index is -0.833. The summed E-state index contributed by atoms with van der Waals surface area (Å²) in [6.07, 6.45) is 0. The third kappa shape index (κ3) is 85.1. The molecule has 5 N–H and O–H groups in total. The van der Waals surface area contributed by atoms with Crippen LogP contribution in [0.15, 0.2) is 30.3 Å². The first-order valence-electron chi connectivity index (χ1n) is 5.42. The summed E-state index contributed by atoms with van der Waals surface area (Å²) >= 11 is 0. The van der Waals surface area contributed by atoms with Gasteiger partial charge >= 0.3 is 0 Å². The SMILES string of the molecule is CC(=O)O.CC(=O)O.Cc1ccccc1.N.N#CCC#N.[S]. The van der Waals surface area contributed by atoms with Crippen LogP contribution in [0.1, 0.15) is 25.8 Å². The summed E-state index contributed by atoms with van der Waals surface area (Å²) in [5.74, 6) is -1.67. The number of benzene rings is 1.